The van der Waals surface area contributed by atoms with Gasteiger partial charge in [0.15, 0.2) is 5.69 Å². The third-order valence-electron chi connectivity index (χ3n) is 2.55. The van der Waals surface area contributed by atoms with Crippen LogP contribution in [-0.4, -0.2) is 34.1 Å². The van der Waals surface area contributed by atoms with Gasteiger partial charge in [0.25, 0.3) is 0 Å². The maximum Gasteiger partial charge on any atom is 0.360 e. The number of ether oxygens (including phenoxy) is 1. The van der Waals surface area contributed by atoms with Crippen molar-refractivity contribution in [3.05, 3.63) is 11.4 Å². The van der Waals surface area contributed by atoms with Crippen LogP contribution in [0.25, 0.3) is 0 Å². The highest BCUT2D eigenvalue weighted by Crippen LogP contribution is 2.41. The number of aromatic nitrogens is 3. The Morgan fingerprint density at radius 3 is 2.94 bits per heavy atom. The maximum absolute atomic E-state index is 11.6. The molecule has 6 nitrogen and oxygen atoms in total. The van der Waals surface area contributed by atoms with E-state index in [4.69, 9.17) is 10.5 Å². The standard InChI is InChI=1S/C10H16N4O2/c1-2-16-10(15)8-9(7-3-4-7)14(6-5-11)13-12-8/h7H,2-6,11H2,1H3. The molecule has 1 saturated carbocycles. The Kier molecular flexibility index (Phi) is 3.19. The molecule has 0 bridgehead atoms. The summed E-state index contributed by atoms with van der Waals surface area (Å²) in [5.41, 5.74) is 6.74. The Labute approximate surface area is 93.8 Å². The van der Waals surface area contributed by atoms with E-state index in [2.05, 4.69) is 10.3 Å². The molecule has 0 amide bonds. The van der Waals surface area contributed by atoms with E-state index in [0.29, 0.717) is 31.3 Å². The Morgan fingerprint density at radius 1 is 1.62 bits per heavy atom. The zero-order chi connectivity index (χ0) is 11.5. The lowest BCUT2D eigenvalue weighted by Crippen LogP contribution is -2.15. The molecule has 16 heavy (non-hydrogen) atoms. The number of hydrogen-bond donors (Lipinski definition) is 1. The number of nitrogens with zero attached hydrogens (tertiary/aromatic N) is 3. The van der Waals surface area contributed by atoms with E-state index in [0.717, 1.165) is 18.5 Å². The lowest BCUT2D eigenvalue weighted by molar-refractivity contribution is 0.0518. The Bertz CT molecular complexity index is 384. The van der Waals surface area contributed by atoms with Crippen LogP contribution in [-0.2, 0) is 11.3 Å². The average Bonchev–Trinajstić information content (AvgIpc) is 3.01. The number of carbonyl (C=O) groups excluding carboxylic acids is 1. The van der Waals surface area contributed by atoms with Gasteiger partial charge in [-0.3, -0.25) is 0 Å². The summed E-state index contributed by atoms with van der Waals surface area (Å²) >= 11 is 0. The number of nitrogens with two attached hydrogens (primary N) is 1. The fourth-order valence-corrected chi connectivity index (χ4v) is 1.71. The second-order valence-electron chi connectivity index (χ2n) is 3.83. The molecule has 0 spiro atoms. The smallest absolute Gasteiger partial charge is 0.360 e. The molecular formula is C10H16N4O2. The molecule has 6 heteroatoms. The van der Waals surface area contributed by atoms with Crippen LogP contribution in [0.2, 0.25) is 0 Å². The largest absolute Gasteiger partial charge is 0.461 e. The van der Waals surface area contributed by atoms with Gasteiger partial charge >= 0.3 is 5.97 Å². The summed E-state index contributed by atoms with van der Waals surface area (Å²) in [6, 6.07) is 0. The molecule has 1 aromatic rings. The molecule has 0 saturated heterocycles. The van der Waals surface area contributed by atoms with Gasteiger partial charge in [-0.15, -0.1) is 5.10 Å². The van der Waals surface area contributed by atoms with Crippen LogP contribution in [0, 0.1) is 0 Å². The summed E-state index contributed by atoms with van der Waals surface area (Å²) in [7, 11) is 0. The van der Waals surface area contributed by atoms with Crippen molar-refractivity contribution in [2.75, 3.05) is 13.2 Å². The number of carbonyl (C=O) groups is 1. The molecular weight excluding hydrogens is 208 g/mol. The van der Waals surface area contributed by atoms with Crippen molar-refractivity contribution in [2.24, 2.45) is 5.73 Å². The summed E-state index contributed by atoms with van der Waals surface area (Å²) in [6.45, 7) is 3.22. The molecule has 0 unspecified atom stereocenters. The van der Waals surface area contributed by atoms with E-state index in [1.807, 2.05) is 0 Å². The van der Waals surface area contributed by atoms with Crippen LogP contribution in [0.1, 0.15) is 41.9 Å². The SMILES string of the molecule is CCOC(=O)c1nnn(CCN)c1C1CC1. The van der Waals surface area contributed by atoms with Crippen molar-refractivity contribution in [2.45, 2.75) is 32.2 Å². The summed E-state index contributed by atoms with van der Waals surface area (Å²) in [5.74, 6) is 0.0219. The first-order valence-electron chi connectivity index (χ1n) is 5.58. The Balaban J connectivity index is 2.26. The van der Waals surface area contributed by atoms with Crippen LogP contribution >= 0.6 is 0 Å². The zero-order valence-electron chi connectivity index (χ0n) is 9.35. The summed E-state index contributed by atoms with van der Waals surface area (Å²) in [6.07, 6.45) is 2.18. The van der Waals surface area contributed by atoms with E-state index in [9.17, 15) is 4.79 Å². The van der Waals surface area contributed by atoms with E-state index < -0.39 is 0 Å². The third kappa shape index (κ3) is 2.06. The molecule has 0 atom stereocenters. The average molecular weight is 224 g/mol. The van der Waals surface area contributed by atoms with Gasteiger partial charge in [0.1, 0.15) is 0 Å². The summed E-state index contributed by atoms with van der Waals surface area (Å²) in [5, 5.41) is 7.85. The van der Waals surface area contributed by atoms with Gasteiger partial charge in [-0.2, -0.15) is 0 Å². The van der Waals surface area contributed by atoms with Crippen LogP contribution < -0.4 is 5.73 Å². The second-order valence-corrected chi connectivity index (χ2v) is 3.83. The minimum atomic E-state index is -0.382. The first-order valence-corrected chi connectivity index (χ1v) is 5.58. The van der Waals surface area contributed by atoms with Crippen molar-refractivity contribution in [1.82, 2.24) is 15.0 Å². The van der Waals surface area contributed by atoms with E-state index in [-0.39, 0.29) is 5.97 Å². The van der Waals surface area contributed by atoms with Crippen molar-refractivity contribution in [3.8, 4) is 0 Å². The molecule has 0 radical (unpaired) electrons. The molecule has 0 aromatic carbocycles. The van der Waals surface area contributed by atoms with Crippen molar-refractivity contribution in [1.29, 1.82) is 0 Å². The monoisotopic (exact) mass is 224 g/mol. The predicted molar refractivity (Wildman–Crippen MR) is 57.0 cm³/mol. The third-order valence-corrected chi connectivity index (χ3v) is 2.55. The summed E-state index contributed by atoms with van der Waals surface area (Å²) < 4.78 is 6.68. The lowest BCUT2D eigenvalue weighted by atomic mass is 10.2. The first-order chi connectivity index (χ1) is 7.77. The number of rotatable bonds is 5. The van der Waals surface area contributed by atoms with Gasteiger partial charge in [0.2, 0.25) is 0 Å². The van der Waals surface area contributed by atoms with Crippen molar-refractivity contribution < 1.29 is 9.53 Å². The Hall–Kier alpha value is -1.43. The van der Waals surface area contributed by atoms with Crippen LogP contribution in [0.5, 0.6) is 0 Å². The fraction of sp³-hybridized carbons (Fsp3) is 0.700. The van der Waals surface area contributed by atoms with Crippen LogP contribution in [0.3, 0.4) is 0 Å². The molecule has 1 aliphatic carbocycles. The highest BCUT2D eigenvalue weighted by atomic mass is 16.5. The minimum absolute atomic E-state index is 0.354. The normalized spacial score (nSPS) is 15.1. The molecule has 1 aliphatic rings. The quantitative estimate of drug-likeness (QED) is 0.727. The van der Waals surface area contributed by atoms with Gasteiger partial charge in [-0.25, -0.2) is 9.48 Å². The van der Waals surface area contributed by atoms with Gasteiger partial charge in [-0.05, 0) is 19.8 Å². The van der Waals surface area contributed by atoms with Crippen molar-refractivity contribution in [3.63, 3.8) is 0 Å². The Morgan fingerprint density at radius 2 is 2.38 bits per heavy atom. The maximum atomic E-state index is 11.6. The molecule has 1 fully saturated rings. The minimum Gasteiger partial charge on any atom is -0.461 e. The molecule has 2 rings (SSSR count). The van der Waals surface area contributed by atoms with Gasteiger partial charge < -0.3 is 10.5 Å². The lowest BCUT2D eigenvalue weighted by Gasteiger charge is -2.04. The highest BCUT2D eigenvalue weighted by Gasteiger charge is 2.34. The second kappa shape index (κ2) is 4.61. The van der Waals surface area contributed by atoms with Crippen molar-refractivity contribution >= 4 is 5.97 Å². The zero-order valence-corrected chi connectivity index (χ0v) is 9.35. The molecule has 88 valence electrons. The first kappa shape index (κ1) is 11.1. The number of esters is 1. The van der Waals surface area contributed by atoms with Gasteiger partial charge in [-0.1, -0.05) is 5.21 Å². The van der Waals surface area contributed by atoms with E-state index >= 15 is 0 Å². The number of hydrogen-bond acceptors (Lipinski definition) is 5. The molecule has 1 aromatic heterocycles. The van der Waals surface area contributed by atoms with Gasteiger partial charge in [0.05, 0.1) is 18.8 Å². The van der Waals surface area contributed by atoms with Crippen LogP contribution in [0.4, 0.5) is 0 Å². The van der Waals surface area contributed by atoms with E-state index in [1.165, 1.54) is 0 Å². The molecule has 1 heterocycles. The molecule has 2 N–H and O–H groups in total. The fourth-order valence-electron chi connectivity index (χ4n) is 1.71. The van der Waals surface area contributed by atoms with E-state index in [1.54, 1.807) is 11.6 Å². The van der Waals surface area contributed by atoms with Gasteiger partial charge in [0, 0.05) is 12.5 Å². The van der Waals surface area contributed by atoms with Crippen LogP contribution in [0.15, 0.2) is 0 Å². The summed E-state index contributed by atoms with van der Waals surface area (Å²) in [4.78, 5) is 11.6. The highest BCUT2D eigenvalue weighted by molar-refractivity contribution is 5.88. The predicted octanol–water partition coefficient (Wildman–Crippen LogP) is 0.291. The molecule has 0 aliphatic heterocycles. The topological polar surface area (TPSA) is 83.0 Å².